The van der Waals surface area contributed by atoms with Crippen molar-refractivity contribution in [2.75, 3.05) is 18.4 Å². The molecule has 0 amide bonds. The lowest BCUT2D eigenvalue weighted by Gasteiger charge is -2.40. The summed E-state index contributed by atoms with van der Waals surface area (Å²) >= 11 is 0. The van der Waals surface area contributed by atoms with Crippen LogP contribution in [0, 0.1) is 5.82 Å². The zero-order valence-corrected chi connectivity index (χ0v) is 11.4. The standard InChI is InChI=1S/C17H19FN2/c18-15-8-4-5-9-16(15)20-17(10-12-19-13-11-17)14-6-2-1-3-7-14/h1-9,19-20H,10-13H2. The van der Waals surface area contributed by atoms with Gasteiger partial charge in [0.25, 0.3) is 0 Å². The molecule has 2 nitrogen and oxygen atoms in total. The largest absolute Gasteiger partial charge is 0.373 e. The van der Waals surface area contributed by atoms with E-state index in [9.17, 15) is 4.39 Å². The van der Waals surface area contributed by atoms with Crippen molar-refractivity contribution in [3.05, 3.63) is 66.0 Å². The second kappa shape index (κ2) is 5.63. The number of rotatable bonds is 3. The van der Waals surface area contributed by atoms with Crippen LogP contribution in [0.25, 0.3) is 0 Å². The average molecular weight is 270 g/mol. The number of piperidine rings is 1. The number of halogens is 1. The number of hydrogen-bond acceptors (Lipinski definition) is 2. The SMILES string of the molecule is Fc1ccccc1NC1(c2ccccc2)CCNCC1. The topological polar surface area (TPSA) is 24.1 Å². The smallest absolute Gasteiger partial charge is 0.146 e. The molecule has 3 rings (SSSR count). The number of para-hydroxylation sites is 1. The van der Waals surface area contributed by atoms with Crippen LogP contribution >= 0.6 is 0 Å². The van der Waals surface area contributed by atoms with Gasteiger partial charge < -0.3 is 10.6 Å². The monoisotopic (exact) mass is 270 g/mol. The van der Waals surface area contributed by atoms with E-state index >= 15 is 0 Å². The predicted molar refractivity (Wildman–Crippen MR) is 80.2 cm³/mol. The van der Waals surface area contributed by atoms with Crippen LogP contribution in [0.1, 0.15) is 18.4 Å². The number of hydrogen-bond donors (Lipinski definition) is 2. The van der Waals surface area contributed by atoms with E-state index in [1.165, 1.54) is 11.6 Å². The average Bonchev–Trinajstić information content (AvgIpc) is 2.52. The Kier molecular flexibility index (Phi) is 3.70. The molecule has 0 atom stereocenters. The first-order valence-corrected chi connectivity index (χ1v) is 7.09. The van der Waals surface area contributed by atoms with Crippen LogP contribution in [0.5, 0.6) is 0 Å². The Morgan fingerprint density at radius 1 is 0.900 bits per heavy atom. The van der Waals surface area contributed by atoms with E-state index in [2.05, 4.69) is 22.8 Å². The molecule has 2 N–H and O–H groups in total. The molecule has 1 heterocycles. The summed E-state index contributed by atoms with van der Waals surface area (Å²) in [4.78, 5) is 0. The van der Waals surface area contributed by atoms with E-state index in [1.54, 1.807) is 6.07 Å². The van der Waals surface area contributed by atoms with Crippen molar-refractivity contribution in [2.45, 2.75) is 18.4 Å². The minimum Gasteiger partial charge on any atom is -0.373 e. The second-order valence-corrected chi connectivity index (χ2v) is 5.30. The van der Waals surface area contributed by atoms with Crippen molar-refractivity contribution in [3.63, 3.8) is 0 Å². The third-order valence-corrected chi connectivity index (χ3v) is 4.03. The molecule has 1 fully saturated rings. The summed E-state index contributed by atoms with van der Waals surface area (Å²) in [5.41, 5.74) is 1.62. The number of nitrogens with one attached hydrogen (secondary N) is 2. The van der Waals surface area contributed by atoms with Crippen molar-refractivity contribution < 1.29 is 4.39 Å². The van der Waals surface area contributed by atoms with Crippen molar-refractivity contribution in [1.82, 2.24) is 5.32 Å². The molecule has 0 saturated carbocycles. The van der Waals surface area contributed by atoms with E-state index in [4.69, 9.17) is 0 Å². The molecule has 20 heavy (non-hydrogen) atoms. The third kappa shape index (κ3) is 2.54. The molecule has 0 unspecified atom stereocenters. The first-order valence-electron chi connectivity index (χ1n) is 7.09. The maximum atomic E-state index is 14.0. The molecular formula is C17H19FN2. The Balaban J connectivity index is 1.96. The highest BCUT2D eigenvalue weighted by atomic mass is 19.1. The first-order chi connectivity index (χ1) is 9.80. The zero-order chi connectivity index (χ0) is 13.8. The van der Waals surface area contributed by atoms with Gasteiger partial charge in [0.1, 0.15) is 5.82 Å². The first kappa shape index (κ1) is 13.1. The summed E-state index contributed by atoms with van der Waals surface area (Å²) in [6, 6.07) is 17.2. The Labute approximate surface area is 119 Å². The van der Waals surface area contributed by atoms with Gasteiger partial charge in [-0.1, -0.05) is 42.5 Å². The molecule has 1 saturated heterocycles. The normalized spacial score (nSPS) is 17.6. The lowest BCUT2D eigenvalue weighted by molar-refractivity contribution is 0.345. The van der Waals surface area contributed by atoms with Gasteiger partial charge in [0, 0.05) is 0 Å². The quantitative estimate of drug-likeness (QED) is 0.891. The zero-order valence-electron chi connectivity index (χ0n) is 11.4. The summed E-state index contributed by atoms with van der Waals surface area (Å²) in [5.74, 6) is -0.193. The fourth-order valence-corrected chi connectivity index (χ4v) is 2.92. The number of benzene rings is 2. The van der Waals surface area contributed by atoms with Crippen LogP contribution in [-0.4, -0.2) is 13.1 Å². The summed E-state index contributed by atoms with van der Waals surface area (Å²) in [6.07, 6.45) is 1.90. The molecule has 1 aliphatic heterocycles. The van der Waals surface area contributed by atoms with Crippen LogP contribution in [0.4, 0.5) is 10.1 Å². The predicted octanol–water partition coefficient (Wildman–Crippen LogP) is 3.52. The molecule has 3 heteroatoms. The molecular weight excluding hydrogens is 251 g/mol. The molecule has 0 radical (unpaired) electrons. The Morgan fingerprint density at radius 3 is 2.25 bits per heavy atom. The molecule has 0 spiro atoms. The highest BCUT2D eigenvalue weighted by Crippen LogP contribution is 2.35. The lowest BCUT2D eigenvalue weighted by atomic mass is 9.81. The number of anilines is 1. The highest BCUT2D eigenvalue weighted by molar-refractivity contribution is 5.49. The minimum atomic E-state index is -0.193. The van der Waals surface area contributed by atoms with E-state index in [1.807, 2.05) is 30.3 Å². The molecule has 0 aliphatic carbocycles. The van der Waals surface area contributed by atoms with Gasteiger partial charge in [0.05, 0.1) is 11.2 Å². The summed E-state index contributed by atoms with van der Waals surface area (Å²) in [5, 5.41) is 6.84. The Hall–Kier alpha value is -1.87. The lowest BCUT2D eigenvalue weighted by Crippen LogP contribution is -2.45. The Bertz CT molecular complexity index is 562. The summed E-state index contributed by atoms with van der Waals surface area (Å²) in [6.45, 7) is 1.88. The molecule has 0 aromatic heterocycles. The van der Waals surface area contributed by atoms with E-state index < -0.39 is 0 Å². The van der Waals surface area contributed by atoms with Gasteiger partial charge in [-0.25, -0.2) is 4.39 Å². The van der Waals surface area contributed by atoms with Crippen LogP contribution in [0.2, 0.25) is 0 Å². The van der Waals surface area contributed by atoms with Gasteiger partial charge >= 0.3 is 0 Å². The second-order valence-electron chi connectivity index (χ2n) is 5.30. The highest BCUT2D eigenvalue weighted by Gasteiger charge is 2.34. The van der Waals surface area contributed by atoms with Crippen LogP contribution < -0.4 is 10.6 Å². The van der Waals surface area contributed by atoms with Crippen molar-refractivity contribution in [2.24, 2.45) is 0 Å². The molecule has 0 bridgehead atoms. The van der Waals surface area contributed by atoms with Gasteiger partial charge in [-0.15, -0.1) is 0 Å². The van der Waals surface area contributed by atoms with Gasteiger partial charge in [-0.3, -0.25) is 0 Å². The molecule has 1 aliphatic rings. The van der Waals surface area contributed by atoms with E-state index in [-0.39, 0.29) is 11.4 Å². The van der Waals surface area contributed by atoms with Gasteiger partial charge in [0.15, 0.2) is 0 Å². The van der Waals surface area contributed by atoms with Crippen LogP contribution in [-0.2, 0) is 5.54 Å². The van der Waals surface area contributed by atoms with Crippen LogP contribution in [0.15, 0.2) is 54.6 Å². The fraction of sp³-hybridized carbons (Fsp3) is 0.294. The summed E-state index contributed by atoms with van der Waals surface area (Å²) < 4.78 is 14.0. The maximum absolute atomic E-state index is 14.0. The minimum absolute atomic E-state index is 0.186. The van der Waals surface area contributed by atoms with Crippen molar-refractivity contribution in [1.29, 1.82) is 0 Å². The van der Waals surface area contributed by atoms with Crippen molar-refractivity contribution in [3.8, 4) is 0 Å². The van der Waals surface area contributed by atoms with E-state index in [0.717, 1.165) is 25.9 Å². The summed E-state index contributed by atoms with van der Waals surface area (Å²) in [7, 11) is 0. The molecule has 104 valence electrons. The van der Waals surface area contributed by atoms with Gasteiger partial charge in [-0.05, 0) is 43.6 Å². The fourth-order valence-electron chi connectivity index (χ4n) is 2.92. The molecule has 2 aromatic rings. The maximum Gasteiger partial charge on any atom is 0.146 e. The third-order valence-electron chi connectivity index (χ3n) is 4.03. The van der Waals surface area contributed by atoms with Crippen molar-refractivity contribution >= 4 is 5.69 Å². The van der Waals surface area contributed by atoms with Crippen LogP contribution in [0.3, 0.4) is 0 Å². The van der Waals surface area contributed by atoms with E-state index in [0.29, 0.717) is 5.69 Å². The van der Waals surface area contributed by atoms with Gasteiger partial charge in [-0.2, -0.15) is 0 Å². The van der Waals surface area contributed by atoms with Gasteiger partial charge in [0.2, 0.25) is 0 Å². The Morgan fingerprint density at radius 2 is 1.55 bits per heavy atom. The molecule has 2 aromatic carbocycles.